The van der Waals surface area contributed by atoms with Crippen molar-refractivity contribution in [1.82, 2.24) is 14.5 Å². The highest BCUT2D eigenvalue weighted by Crippen LogP contribution is 2.30. The molecule has 1 N–H and O–H groups in total. The molecule has 0 spiro atoms. The van der Waals surface area contributed by atoms with E-state index in [1.54, 1.807) is 37.3 Å². The molecule has 3 rings (SSSR count). The number of nitrogens with zero attached hydrogens (tertiary/aromatic N) is 2. The molecule has 2 aromatic rings. The Labute approximate surface area is 215 Å². The van der Waals surface area contributed by atoms with E-state index in [1.165, 1.54) is 17.0 Å². The Morgan fingerprint density at radius 1 is 1.11 bits per heavy atom. The first-order valence-corrected chi connectivity index (χ1v) is 13.4. The molecule has 8 nitrogen and oxygen atoms in total. The third kappa shape index (κ3) is 5.97. The number of fused-ring (bicyclic) bond motifs is 1. The van der Waals surface area contributed by atoms with Gasteiger partial charge in [-0.25, -0.2) is 12.7 Å². The summed E-state index contributed by atoms with van der Waals surface area (Å²) in [5.41, 5.74) is 0.817. The van der Waals surface area contributed by atoms with Gasteiger partial charge >= 0.3 is 0 Å². The Morgan fingerprint density at radius 3 is 2.49 bits per heavy atom. The standard InChI is InChI=1S/C24H27Cl2N3O5S/c1-3-12-27-23(31)16(2)28(15-17-10-11-19(25)20(26)14-17)22(30)9-6-13-29-24(32)18-7-4-5-8-21(18)35(29,33)34/h4-5,7-8,10-11,14,16H,3,6,9,12-13,15H2,1-2H3,(H,27,31)/t16-/m0/s1. The van der Waals surface area contributed by atoms with Crippen LogP contribution in [0.2, 0.25) is 10.0 Å². The zero-order chi connectivity index (χ0) is 25.8. The van der Waals surface area contributed by atoms with Crippen molar-refractivity contribution in [2.24, 2.45) is 0 Å². The van der Waals surface area contributed by atoms with Gasteiger partial charge in [0.25, 0.3) is 15.9 Å². The van der Waals surface area contributed by atoms with Gasteiger partial charge in [-0.1, -0.05) is 48.3 Å². The van der Waals surface area contributed by atoms with E-state index in [4.69, 9.17) is 23.2 Å². The summed E-state index contributed by atoms with van der Waals surface area (Å²) < 4.78 is 26.3. The number of benzene rings is 2. The zero-order valence-corrected chi connectivity index (χ0v) is 21.8. The molecule has 0 unspecified atom stereocenters. The summed E-state index contributed by atoms with van der Waals surface area (Å²) in [6.07, 6.45) is 0.807. The minimum absolute atomic E-state index is 0.0289. The number of halogens is 2. The number of carbonyl (C=O) groups excluding carboxylic acids is 3. The summed E-state index contributed by atoms with van der Waals surface area (Å²) in [5, 5.41) is 3.49. The minimum Gasteiger partial charge on any atom is -0.354 e. The van der Waals surface area contributed by atoms with Gasteiger partial charge in [0, 0.05) is 26.1 Å². The predicted molar refractivity (Wildman–Crippen MR) is 134 cm³/mol. The Kier molecular flexibility index (Phi) is 8.79. The molecule has 0 radical (unpaired) electrons. The monoisotopic (exact) mass is 539 g/mol. The molecule has 1 heterocycles. The Bertz CT molecular complexity index is 1240. The van der Waals surface area contributed by atoms with E-state index >= 15 is 0 Å². The van der Waals surface area contributed by atoms with E-state index in [2.05, 4.69) is 5.32 Å². The Morgan fingerprint density at radius 2 is 1.83 bits per heavy atom. The van der Waals surface area contributed by atoms with Gasteiger partial charge < -0.3 is 10.2 Å². The number of rotatable bonds is 10. The average molecular weight is 540 g/mol. The highest BCUT2D eigenvalue weighted by atomic mass is 35.5. The van der Waals surface area contributed by atoms with E-state index in [9.17, 15) is 22.8 Å². The van der Waals surface area contributed by atoms with Crippen LogP contribution in [-0.2, 0) is 26.2 Å². The lowest BCUT2D eigenvalue weighted by Crippen LogP contribution is -2.47. The lowest BCUT2D eigenvalue weighted by atomic mass is 10.1. The molecule has 0 fully saturated rings. The van der Waals surface area contributed by atoms with Crippen LogP contribution in [0.1, 0.15) is 49.0 Å². The fraction of sp³-hybridized carbons (Fsp3) is 0.375. The van der Waals surface area contributed by atoms with Crippen LogP contribution < -0.4 is 5.32 Å². The molecule has 1 aliphatic rings. The topological polar surface area (TPSA) is 104 Å². The van der Waals surface area contributed by atoms with E-state index in [-0.39, 0.29) is 48.2 Å². The van der Waals surface area contributed by atoms with Crippen molar-refractivity contribution in [2.75, 3.05) is 13.1 Å². The molecule has 3 amide bonds. The van der Waals surface area contributed by atoms with E-state index in [1.807, 2.05) is 6.92 Å². The number of hydrogen-bond acceptors (Lipinski definition) is 5. The molecular weight excluding hydrogens is 513 g/mol. The van der Waals surface area contributed by atoms with Crippen molar-refractivity contribution in [3.8, 4) is 0 Å². The van der Waals surface area contributed by atoms with Crippen LogP contribution in [-0.4, -0.2) is 54.5 Å². The number of sulfonamides is 1. The number of nitrogens with one attached hydrogen (secondary N) is 1. The second-order valence-corrected chi connectivity index (χ2v) is 10.9. The van der Waals surface area contributed by atoms with Crippen LogP contribution in [0.3, 0.4) is 0 Å². The molecule has 2 aromatic carbocycles. The van der Waals surface area contributed by atoms with Crippen LogP contribution in [0.25, 0.3) is 0 Å². The van der Waals surface area contributed by atoms with Crippen molar-refractivity contribution in [3.63, 3.8) is 0 Å². The van der Waals surface area contributed by atoms with Gasteiger partial charge in [-0.2, -0.15) is 0 Å². The van der Waals surface area contributed by atoms with Gasteiger partial charge in [-0.15, -0.1) is 0 Å². The zero-order valence-electron chi connectivity index (χ0n) is 19.5. The van der Waals surface area contributed by atoms with Crippen molar-refractivity contribution >= 4 is 50.9 Å². The third-order valence-electron chi connectivity index (χ3n) is 5.72. The van der Waals surface area contributed by atoms with Gasteiger partial charge in [-0.05, 0) is 49.6 Å². The fourth-order valence-corrected chi connectivity index (χ4v) is 5.71. The molecule has 1 atom stereocenters. The summed E-state index contributed by atoms with van der Waals surface area (Å²) in [6.45, 7) is 4.01. The molecule has 35 heavy (non-hydrogen) atoms. The van der Waals surface area contributed by atoms with Crippen molar-refractivity contribution in [3.05, 3.63) is 63.6 Å². The van der Waals surface area contributed by atoms with Crippen molar-refractivity contribution in [2.45, 2.75) is 50.6 Å². The molecule has 0 aromatic heterocycles. The summed E-state index contributed by atoms with van der Waals surface area (Å²) in [7, 11) is -3.94. The average Bonchev–Trinajstić information content (AvgIpc) is 3.03. The smallest absolute Gasteiger partial charge is 0.269 e. The van der Waals surface area contributed by atoms with Gasteiger partial charge in [0.1, 0.15) is 10.9 Å². The first-order valence-electron chi connectivity index (χ1n) is 11.2. The van der Waals surface area contributed by atoms with E-state index < -0.39 is 22.0 Å². The molecule has 0 bridgehead atoms. The second kappa shape index (κ2) is 11.4. The molecule has 0 saturated heterocycles. The lowest BCUT2D eigenvalue weighted by molar-refractivity contribution is -0.140. The molecule has 1 aliphatic heterocycles. The largest absolute Gasteiger partial charge is 0.354 e. The highest BCUT2D eigenvalue weighted by molar-refractivity contribution is 7.90. The first kappa shape index (κ1) is 27.0. The van der Waals surface area contributed by atoms with Crippen LogP contribution in [0.4, 0.5) is 0 Å². The normalized spacial score (nSPS) is 15.0. The van der Waals surface area contributed by atoms with Crippen LogP contribution in [0, 0.1) is 0 Å². The maximum atomic E-state index is 13.2. The van der Waals surface area contributed by atoms with Crippen LogP contribution >= 0.6 is 23.2 Å². The van der Waals surface area contributed by atoms with Gasteiger partial charge in [0.15, 0.2) is 0 Å². The van der Waals surface area contributed by atoms with E-state index in [0.29, 0.717) is 22.2 Å². The van der Waals surface area contributed by atoms with Gasteiger partial charge in [-0.3, -0.25) is 14.4 Å². The van der Waals surface area contributed by atoms with Gasteiger partial charge in [0.2, 0.25) is 11.8 Å². The number of amides is 3. The first-order chi connectivity index (χ1) is 16.6. The van der Waals surface area contributed by atoms with E-state index in [0.717, 1.165) is 10.7 Å². The minimum atomic E-state index is -3.94. The summed E-state index contributed by atoms with van der Waals surface area (Å²) in [4.78, 5) is 39.8. The SMILES string of the molecule is CCCNC(=O)[C@H](C)N(Cc1ccc(Cl)c(Cl)c1)C(=O)CCCN1C(=O)c2ccccc2S1(=O)=O. The maximum Gasteiger partial charge on any atom is 0.269 e. The third-order valence-corrected chi connectivity index (χ3v) is 8.30. The molecule has 0 saturated carbocycles. The molecular formula is C24H27Cl2N3O5S. The summed E-state index contributed by atoms with van der Waals surface area (Å²) in [6, 6.07) is 10.2. The second-order valence-electron chi connectivity index (χ2n) is 8.22. The quantitative estimate of drug-likeness (QED) is 0.493. The predicted octanol–water partition coefficient (Wildman–Crippen LogP) is 3.86. The summed E-state index contributed by atoms with van der Waals surface area (Å²) in [5.74, 6) is -1.25. The number of hydrogen-bond donors (Lipinski definition) is 1. The highest BCUT2D eigenvalue weighted by Gasteiger charge is 2.40. The van der Waals surface area contributed by atoms with Gasteiger partial charge in [0.05, 0.1) is 15.6 Å². The Hall–Kier alpha value is -2.62. The lowest BCUT2D eigenvalue weighted by Gasteiger charge is -2.29. The molecule has 11 heteroatoms. The fourth-order valence-electron chi connectivity index (χ4n) is 3.78. The molecule has 188 valence electrons. The number of carbonyl (C=O) groups is 3. The maximum absolute atomic E-state index is 13.2. The van der Waals surface area contributed by atoms with Crippen molar-refractivity contribution in [1.29, 1.82) is 0 Å². The van der Waals surface area contributed by atoms with Crippen molar-refractivity contribution < 1.29 is 22.8 Å². The summed E-state index contributed by atoms with van der Waals surface area (Å²) >= 11 is 12.1. The van der Waals surface area contributed by atoms with Crippen LogP contribution in [0.5, 0.6) is 0 Å². The molecule has 0 aliphatic carbocycles. The van der Waals surface area contributed by atoms with Crippen LogP contribution in [0.15, 0.2) is 47.4 Å². The Balaban J connectivity index is 1.72.